The molecule has 2 rings (SSSR count). The van der Waals surface area contributed by atoms with Crippen molar-refractivity contribution in [2.75, 3.05) is 11.9 Å². The minimum Gasteiger partial charge on any atom is -0.482 e. The molecule has 0 aliphatic rings. The number of aryl methyl sites for hydroxylation is 2. The zero-order chi connectivity index (χ0) is 20.9. The Morgan fingerprint density at radius 1 is 1.07 bits per heavy atom. The highest BCUT2D eigenvalue weighted by atomic mass is 32.2. The lowest BCUT2D eigenvalue weighted by Crippen LogP contribution is -2.31. The van der Waals surface area contributed by atoms with Crippen molar-refractivity contribution in [1.82, 2.24) is 0 Å². The van der Waals surface area contributed by atoms with Crippen molar-refractivity contribution in [3.63, 3.8) is 0 Å². The first kappa shape index (κ1) is 21.4. The Bertz CT molecular complexity index is 970. The summed E-state index contributed by atoms with van der Waals surface area (Å²) in [5.41, 5.74) is 2.48. The summed E-state index contributed by atoms with van der Waals surface area (Å²) in [4.78, 5) is 23.9. The second kappa shape index (κ2) is 8.85. The van der Waals surface area contributed by atoms with Gasteiger partial charge in [0.1, 0.15) is 5.75 Å². The number of nitrogens with one attached hydrogen (secondary N) is 1. The van der Waals surface area contributed by atoms with Gasteiger partial charge in [-0.25, -0.2) is 18.4 Å². The van der Waals surface area contributed by atoms with E-state index < -0.39 is 28.0 Å². The molecule has 0 radical (unpaired) electrons. The average molecular weight is 406 g/mol. The fourth-order valence-electron chi connectivity index (χ4n) is 2.20. The van der Waals surface area contributed by atoms with Crippen LogP contribution in [0.5, 0.6) is 5.75 Å². The van der Waals surface area contributed by atoms with Gasteiger partial charge in [0.2, 0.25) is 10.0 Å². The number of esters is 1. The van der Waals surface area contributed by atoms with Crippen molar-refractivity contribution < 1.29 is 27.5 Å². The quantitative estimate of drug-likeness (QED) is 0.677. The van der Waals surface area contributed by atoms with E-state index >= 15 is 0 Å². The molecule has 2 aromatic carbocycles. The number of anilines is 1. The molecule has 28 heavy (non-hydrogen) atoms. The molecule has 9 heteroatoms. The third-order valence-corrected chi connectivity index (χ3v) is 4.89. The van der Waals surface area contributed by atoms with Gasteiger partial charge in [-0.15, -0.1) is 0 Å². The van der Waals surface area contributed by atoms with E-state index in [0.29, 0.717) is 11.4 Å². The lowest BCUT2D eigenvalue weighted by molar-refractivity contribution is -0.155. The summed E-state index contributed by atoms with van der Waals surface area (Å²) in [5.74, 6) is -0.722. The van der Waals surface area contributed by atoms with Crippen molar-refractivity contribution in [1.29, 1.82) is 0 Å². The van der Waals surface area contributed by atoms with Crippen molar-refractivity contribution >= 4 is 27.6 Å². The molecule has 1 atom stereocenters. The molecule has 0 fully saturated rings. The normalized spacial score (nSPS) is 12.1. The van der Waals surface area contributed by atoms with Gasteiger partial charge < -0.3 is 14.8 Å². The molecular formula is C19H22N2O6S. The van der Waals surface area contributed by atoms with Gasteiger partial charge in [0.25, 0.3) is 5.91 Å². The van der Waals surface area contributed by atoms with E-state index in [1.165, 1.54) is 31.2 Å². The maximum Gasteiger partial charge on any atom is 0.344 e. The van der Waals surface area contributed by atoms with E-state index in [9.17, 15) is 18.0 Å². The molecule has 0 saturated carbocycles. The summed E-state index contributed by atoms with van der Waals surface area (Å²) >= 11 is 0. The number of hydrogen-bond acceptors (Lipinski definition) is 6. The molecule has 150 valence electrons. The van der Waals surface area contributed by atoms with Gasteiger partial charge in [0, 0.05) is 5.69 Å². The third kappa shape index (κ3) is 6.07. The molecule has 0 saturated heterocycles. The Kier molecular flexibility index (Phi) is 6.76. The van der Waals surface area contributed by atoms with E-state index in [4.69, 9.17) is 14.6 Å². The molecule has 3 N–H and O–H groups in total. The lowest BCUT2D eigenvalue weighted by Gasteiger charge is -2.14. The van der Waals surface area contributed by atoms with Crippen LogP contribution in [0.25, 0.3) is 0 Å². The SMILES string of the molecule is Cc1ccc(OCC(=O)O[C@@H](C)C(=O)Nc2ccc(S(N)(=O)=O)cc2)cc1C. The highest BCUT2D eigenvalue weighted by Gasteiger charge is 2.18. The van der Waals surface area contributed by atoms with Gasteiger partial charge >= 0.3 is 5.97 Å². The number of nitrogens with two attached hydrogens (primary N) is 1. The van der Waals surface area contributed by atoms with Crippen molar-refractivity contribution in [2.45, 2.75) is 31.8 Å². The van der Waals surface area contributed by atoms with Crippen LogP contribution >= 0.6 is 0 Å². The second-order valence-corrected chi connectivity index (χ2v) is 7.79. The van der Waals surface area contributed by atoms with Crippen LogP contribution in [0.15, 0.2) is 47.4 Å². The number of primary sulfonamides is 1. The predicted molar refractivity (Wildman–Crippen MR) is 103 cm³/mol. The van der Waals surface area contributed by atoms with Crippen LogP contribution in [-0.2, 0) is 24.3 Å². The van der Waals surface area contributed by atoms with Crippen molar-refractivity contribution in [3.05, 3.63) is 53.6 Å². The molecule has 0 heterocycles. The van der Waals surface area contributed by atoms with Gasteiger partial charge in [-0.2, -0.15) is 0 Å². The van der Waals surface area contributed by atoms with Gasteiger partial charge in [-0.05, 0) is 68.3 Å². The van der Waals surface area contributed by atoms with Gasteiger partial charge in [-0.3, -0.25) is 4.79 Å². The highest BCUT2D eigenvalue weighted by molar-refractivity contribution is 7.89. The Labute approximate surface area is 163 Å². The monoisotopic (exact) mass is 406 g/mol. The Balaban J connectivity index is 1.85. The minimum atomic E-state index is -3.81. The molecule has 8 nitrogen and oxygen atoms in total. The zero-order valence-corrected chi connectivity index (χ0v) is 16.6. The summed E-state index contributed by atoms with van der Waals surface area (Å²) in [6, 6.07) is 10.7. The van der Waals surface area contributed by atoms with Crippen LogP contribution in [-0.4, -0.2) is 33.0 Å². The third-order valence-electron chi connectivity index (χ3n) is 3.96. The Hall–Kier alpha value is -2.91. The molecule has 0 bridgehead atoms. The fourth-order valence-corrected chi connectivity index (χ4v) is 2.72. The fraction of sp³-hybridized carbons (Fsp3) is 0.263. The number of ether oxygens (including phenoxy) is 2. The number of carbonyl (C=O) groups excluding carboxylic acids is 2. The number of carbonyl (C=O) groups is 2. The van der Waals surface area contributed by atoms with Crippen LogP contribution in [0.3, 0.4) is 0 Å². The number of amides is 1. The summed E-state index contributed by atoms with van der Waals surface area (Å²) in [6.07, 6.45) is -1.06. The second-order valence-electron chi connectivity index (χ2n) is 6.23. The van der Waals surface area contributed by atoms with E-state index in [1.807, 2.05) is 26.0 Å². The van der Waals surface area contributed by atoms with Crippen molar-refractivity contribution in [3.8, 4) is 5.75 Å². The Morgan fingerprint density at radius 3 is 2.29 bits per heavy atom. The number of benzene rings is 2. The van der Waals surface area contributed by atoms with Gasteiger partial charge in [0.05, 0.1) is 4.90 Å². The number of sulfonamides is 1. The highest BCUT2D eigenvalue weighted by Crippen LogP contribution is 2.16. The van der Waals surface area contributed by atoms with Gasteiger partial charge in [0.15, 0.2) is 12.7 Å². The minimum absolute atomic E-state index is 0.0755. The molecule has 0 unspecified atom stereocenters. The first-order chi connectivity index (χ1) is 13.1. The number of rotatable bonds is 7. The molecular weight excluding hydrogens is 384 g/mol. The van der Waals surface area contributed by atoms with Crippen LogP contribution in [0.4, 0.5) is 5.69 Å². The molecule has 0 spiro atoms. The van der Waals surface area contributed by atoms with E-state index in [0.717, 1.165) is 11.1 Å². The maximum absolute atomic E-state index is 12.1. The smallest absolute Gasteiger partial charge is 0.344 e. The van der Waals surface area contributed by atoms with Crippen LogP contribution in [0, 0.1) is 13.8 Å². The van der Waals surface area contributed by atoms with Gasteiger partial charge in [-0.1, -0.05) is 6.07 Å². The zero-order valence-electron chi connectivity index (χ0n) is 15.8. The molecule has 0 aromatic heterocycles. The number of hydrogen-bond donors (Lipinski definition) is 2. The molecule has 0 aliphatic carbocycles. The lowest BCUT2D eigenvalue weighted by atomic mass is 10.1. The summed E-state index contributed by atoms with van der Waals surface area (Å²) in [7, 11) is -3.81. The predicted octanol–water partition coefficient (Wildman–Crippen LogP) is 1.90. The Morgan fingerprint density at radius 2 is 1.71 bits per heavy atom. The molecule has 2 aromatic rings. The van der Waals surface area contributed by atoms with Crippen LogP contribution in [0.2, 0.25) is 0 Å². The average Bonchev–Trinajstić information content (AvgIpc) is 2.62. The molecule has 1 amide bonds. The summed E-state index contributed by atoms with van der Waals surface area (Å²) in [5, 5.41) is 7.53. The first-order valence-corrected chi connectivity index (χ1v) is 9.94. The van der Waals surface area contributed by atoms with E-state index in [1.54, 1.807) is 6.07 Å². The standard InChI is InChI=1S/C19H22N2O6S/c1-12-4-7-16(10-13(12)2)26-11-18(22)27-14(3)19(23)21-15-5-8-17(9-6-15)28(20,24)25/h4-10,14H,11H2,1-3H3,(H,21,23)(H2,20,24,25)/t14-/m0/s1. The summed E-state index contributed by atoms with van der Waals surface area (Å²) < 4.78 is 32.9. The largest absolute Gasteiger partial charge is 0.482 e. The van der Waals surface area contributed by atoms with Crippen LogP contribution < -0.4 is 15.2 Å². The maximum atomic E-state index is 12.1. The summed E-state index contributed by atoms with van der Waals surface area (Å²) in [6.45, 7) is 4.99. The van der Waals surface area contributed by atoms with Crippen LogP contribution in [0.1, 0.15) is 18.1 Å². The van der Waals surface area contributed by atoms with E-state index in [2.05, 4.69) is 5.32 Å². The topological polar surface area (TPSA) is 125 Å². The first-order valence-electron chi connectivity index (χ1n) is 8.39. The van der Waals surface area contributed by atoms with E-state index in [-0.39, 0.29) is 11.5 Å². The molecule has 0 aliphatic heterocycles. The van der Waals surface area contributed by atoms with Crippen molar-refractivity contribution in [2.24, 2.45) is 5.14 Å².